The number of hydrogen-bond acceptors (Lipinski definition) is 4. The van der Waals surface area contributed by atoms with Gasteiger partial charge in [-0.15, -0.1) is 0 Å². The molecule has 1 aliphatic heterocycles. The fourth-order valence-electron chi connectivity index (χ4n) is 1.60. The topological polar surface area (TPSA) is 67.8 Å². The minimum atomic E-state index is -0.653. The van der Waals surface area contributed by atoms with Crippen LogP contribution in [0.25, 0.3) is 0 Å². The fourth-order valence-corrected chi connectivity index (χ4v) is 1.60. The maximum absolute atomic E-state index is 11.4. The van der Waals surface area contributed by atoms with Crippen LogP contribution in [0.5, 0.6) is 0 Å². The van der Waals surface area contributed by atoms with Crippen molar-refractivity contribution in [3.63, 3.8) is 0 Å². The predicted octanol–water partition coefficient (Wildman–Crippen LogP) is 0.672. The third-order valence-corrected chi connectivity index (χ3v) is 2.57. The zero-order chi connectivity index (χ0) is 12.1. The summed E-state index contributed by atoms with van der Waals surface area (Å²) in [6, 6.07) is 9.03. The smallest absolute Gasteiger partial charge is 0.407 e. The van der Waals surface area contributed by atoms with Gasteiger partial charge in [0, 0.05) is 0 Å². The van der Waals surface area contributed by atoms with Gasteiger partial charge in [-0.1, -0.05) is 30.3 Å². The molecule has 1 amide bonds. The van der Waals surface area contributed by atoms with Crippen LogP contribution < -0.4 is 5.32 Å². The summed E-state index contributed by atoms with van der Waals surface area (Å²) < 4.78 is 10.0. The number of carbonyl (C=O) groups excluding carboxylic acids is 1. The Bertz CT molecular complexity index is 368. The first-order chi connectivity index (χ1) is 8.25. The summed E-state index contributed by atoms with van der Waals surface area (Å²) >= 11 is 0. The van der Waals surface area contributed by atoms with Crippen molar-refractivity contribution < 1.29 is 19.4 Å². The molecule has 1 aromatic rings. The molecule has 5 nitrogen and oxygen atoms in total. The molecular weight excluding hydrogens is 222 g/mol. The number of rotatable bonds is 3. The monoisotopic (exact) mass is 237 g/mol. The summed E-state index contributed by atoms with van der Waals surface area (Å²) in [7, 11) is 0. The van der Waals surface area contributed by atoms with Crippen LogP contribution in [0.15, 0.2) is 30.3 Å². The molecule has 1 aliphatic rings. The number of alkyl carbamates (subject to hydrolysis) is 1. The predicted molar refractivity (Wildman–Crippen MR) is 60.4 cm³/mol. The third-order valence-electron chi connectivity index (χ3n) is 2.57. The lowest BCUT2D eigenvalue weighted by atomic mass is 10.2. The largest absolute Gasteiger partial charge is 0.445 e. The van der Waals surface area contributed by atoms with Crippen molar-refractivity contribution >= 4 is 6.09 Å². The third kappa shape index (κ3) is 3.44. The zero-order valence-electron chi connectivity index (χ0n) is 9.33. The highest BCUT2D eigenvalue weighted by Crippen LogP contribution is 2.06. The van der Waals surface area contributed by atoms with Crippen molar-refractivity contribution in [2.45, 2.75) is 18.8 Å². The number of ether oxygens (including phenoxy) is 2. The Labute approximate surface area is 99.3 Å². The number of benzene rings is 1. The van der Waals surface area contributed by atoms with Gasteiger partial charge in [0.1, 0.15) is 6.61 Å². The lowest BCUT2D eigenvalue weighted by Crippen LogP contribution is -2.42. The van der Waals surface area contributed by atoms with Crippen molar-refractivity contribution in [3.8, 4) is 0 Å². The van der Waals surface area contributed by atoms with Crippen molar-refractivity contribution in [1.29, 1.82) is 0 Å². The van der Waals surface area contributed by atoms with Crippen LogP contribution in [0.4, 0.5) is 4.79 Å². The van der Waals surface area contributed by atoms with E-state index < -0.39 is 12.2 Å². The molecular formula is C12H15NO4. The molecule has 0 aromatic heterocycles. The number of aliphatic hydroxyl groups is 1. The second-order valence-corrected chi connectivity index (χ2v) is 3.92. The molecule has 2 N–H and O–H groups in total. The molecule has 1 saturated heterocycles. The molecule has 5 heteroatoms. The summed E-state index contributed by atoms with van der Waals surface area (Å²) in [5, 5.41) is 12.0. The van der Waals surface area contributed by atoms with Gasteiger partial charge in [-0.25, -0.2) is 4.79 Å². The molecule has 1 fully saturated rings. The Morgan fingerprint density at radius 3 is 2.82 bits per heavy atom. The van der Waals surface area contributed by atoms with Crippen LogP contribution >= 0.6 is 0 Å². The number of hydrogen-bond donors (Lipinski definition) is 2. The van der Waals surface area contributed by atoms with Gasteiger partial charge in [0.2, 0.25) is 0 Å². The fraction of sp³-hybridized carbons (Fsp3) is 0.417. The minimum Gasteiger partial charge on any atom is -0.445 e. The molecule has 0 spiro atoms. The average molecular weight is 237 g/mol. The van der Waals surface area contributed by atoms with Gasteiger partial charge in [-0.2, -0.15) is 0 Å². The quantitative estimate of drug-likeness (QED) is 0.811. The van der Waals surface area contributed by atoms with Crippen LogP contribution in [0.2, 0.25) is 0 Å². The van der Waals surface area contributed by atoms with E-state index in [1.807, 2.05) is 30.3 Å². The summed E-state index contributed by atoms with van der Waals surface area (Å²) in [5.41, 5.74) is 0.922. The Kier molecular flexibility index (Phi) is 3.95. The number of carbonyl (C=O) groups is 1. The second-order valence-electron chi connectivity index (χ2n) is 3.92. The van der Waals surface area contributed by atoms with Gasteiger partial charge in [-0.05, 0) is 5.56 Å². The lowest BCUT2D eigenvalue weighted by Gasteiger charge is -2.14. The van der Waals surface area contributed by atoms with Crippen LogP contribution in [-0.2, 0) is 16.1 Å². The van der Waals surface area contributed by atoms with E-state index in [-0.39, 0.29) is 19.3 Å². The Morgan fingerprint density at radius 2 is 2.18 bits per heavy atom. The van der Waals surface area contributed by atoms with E-state index in [2.05, 4.69) is 5.32 Å². The number of nitrogens with one attached hydrogen (secondary N) is 1. The molecule has 17 heavy (non-hydrogen) atoms. The maximum Gasteiger partial charge on any atom is 0.407 e. The van der Waals surface area contributed by atoms with Crippen LogP contribution in [-0.4, -0.2) is 36.6 Å². The van der Waals surface area contributed by atoms with Gasteiger partial charge >= 0.3 is 6.09 Å². The summed E-state index contributed by atoms with van der Waals surface area (Å²) in [6.45, 7) is 0.793. The van der Waals surface area contributed by atoms with Crippen molar-refractivity contribution in [2.75, 3.05) is 13.2 Å². The minimum absolute atomic E-state index is 0.219. The van der Waals surface area contributed by atoms with Crippen LogP contribution in [0.3, 0.4) is 0 Å². The van der Waals surface area contributed by atoms with E-state index >= 15 is 0 Å². The molecule has 2 atom stereocenters. The molecule has 0 unspecified atom stereocenters. The Morgan fingerprint density at radius 1 is 1.41 bits per heavy atom. The highest BCUT2D eigenvalue weighted by atomic mass is 16.6. The molecule has 1 heterocycles. The number of aliphatic hydroxyl groups excluding tert-OH is 1. The SMILES string of the molecule is O=C(N[C@@H]1COC[C@H]1O)OCc1ccccc1. The van der Waals surface area contributed by atoms with E-state index in [0.717, 1.165) is 5.56 Å². The average Bonchev–Trinajstić information content (AvgIpc) is 2.74. The summed E-state index contributed by atoms with van der Waals surface area (Å²) in [5.74, 6) is 0. The van der Waals surface area contributed by atoms with Gasteiger partial charge < -0.3 is 19.9 Å². The molecule has 92 valence electrons. The van der Waals surface area contributed by atoms with Gasteiger partial charge in [0.05, 0.1) is 25.4 Å². The van der Waals surface area contributed by atoms with Gasteiger partial charge in [0.25, 0.3) is 0 Å². The van der Waals surface area contributed by atoms with Crippen LogP contribution in [0.1, 0.15) is 5.56 Å². The van der Waals surface area contributed by atoms with Gasteiger partial charge in [-0.3, -0.25) is 0 Å². The number of amides is 1. The highest BCUT2D eigenvalue weighted by molar-refractivity contribution is 5.67. The van der Waals surface area contributed by atoms with E-state index in [9.17, 15) is 9.90 Å². The molecule has 0 radical (unpaired) electrons. The van der Waals surface area contributed by atoms with Crippen molar-refractivity contribution in [1.82, 2.24) is 5.32 Å². The zero-order valence-corrected chi connectivity index (χ0v) is 9.33. The van der Waals surface area contributed by atoms with Gasteiger partial charge in [0.15, 0.2) is 0 Å². The maximum atomic E-state index is 11.4. The molecule has 0 bridgehead atoms. The Balaban J connectivity index is 1.74. The first-order valence-corrected chi connectivity index (χ1v) is 5.49. The molecule has 2 rings (SSSR count). The van der Waals surface area contributed by atoms with E-state index in [1.54, 1.807) is 0 Å². The summed E-state index contributed by atoms with van der Waals surface area (Å²) in [6.07, 6.45) is -1.19. The standard InChI is InChI=1S/C12H15NO4/c14-11-8-16-7-10(11)13-12(15)17-6-9-4-2-1-3-5-9/h1-5,10-11,14H,6-8H2,(H,13,15)/t10-,11-/m1/s1. The van der Waals surface area contributed by atoms with Crippen molar-refractivity contribution in [3.05, 3.63) is 35.9 Å². The second kappa shape index (κ2) is 5.65. The molecule has 1 aromatic carbocycles. The van der Waals surface area contributed by atoms with E-state index in [1.165, 1.54) is 0 Å². The normalized spacial score (nSPS) is 23.4. The lowest BCUT2D eigenvalue weighted by molar-refractivity contribution is 0.112. The molecule has 0 aliphatic carbocycles. The Hall–Kier alpha value is -1.59. The van der Waals surface area contributed by atoms with E-state index in [0.29, 0.717) is 6.61 Å². The van der Waals surface area contributed by atoms with Crippen LogP contribution in [0, 0.1) is 0 Å². The first-order valence-electron chi connectivity index (χ1n) is 5.49. The van der Waals surface area contributed by atoms with E-state index in [4.69, 9.17) is 9.47 Å². The first kappa shape index (κ1) is 11.9. The highest BCUT2D eigenvalue weighted by Gasteiger charge is 2.27. The summed E-state index contributed by atoms with van der Waals surface area (Å²) in [4.78, 5) is 11.4. The van der Waals surface area contributed by atoms with Crippen molar-refractivity contribution in [2.24, 2.45) is 0 Å². The molecule has 0 saturated carbocycles.